The molecule has 0 aromatic heterocycles. The maximum atomic E-state index is 10.7. The first-order chi connectivity index (χ1) is 5.49. The molecule has 5 heteroatoms. The lowest BCUT2D eigenvalue weighted by Crippen LogP contribution is -2.37. The van der Waals surface area contributed by atoms with Crippen LogP contribution in [-0.2, 0) is 19.0 Å². The first-order valence-corrected chi connectivity index (χ1v) is 5.77. The Balaban J connectivity index is 1.88. The summed E-state index contributed by atoms with van der Waals surface area (Å²) in [5.74, 6) is 0. The smallest absolute Gasteiger partial charge is 0.264 e. The Kier molecular flexibility index (Phi) is 1.72. The minimum Gasteiger partial charge on any atom is -0.378 e. The quantitative estimate of drug-likeness (QED) is 0.597. The van der Waals surface area contributed by atoms with Gasteiger partial charge in [0.05, 0.1) is 25.6 Å². The number of fused-ring (bicyclic) bond motifs is 1. The van der Waals surface area contributed by atoms with Crippen molar-refractivity contribution in [2.45, 2.75) is 18.9 Å². The number of hydrogen-bond donors (Lipinski definition) is 0. The van der Waals surface area contributed by atoms with Gasteiger partial charge in [0.2, 0.25) is 0 Å². The average molecular weight is 192 g/mol. The largest absolute Gasteiger partial charge is 0.378 e. The van der Waals surface area contributed by atoms with Gasteiger partial charge in [-0.3, -0.25) is 4.18 Å². The van der Waals surface area contributed by atoms with E-state index in [9.17, 15) is 8.42 Å². The van der Waals surface area contributed by atoms with Crippen LogP contribution in [-0.4, -0.2) is 34.0 Å². The second kappa shape index (κ2) is 2.43. The molecule has 0 spiro atoms. The van der Waals surface area contributed by atoms with Gasteiger partial charge in [-0.1, -0.05) is 0 Å². The van der Waals surface area contributed by atoms with Crippen molar-refractivity contribution in [3.8, 4) is 0 Å². The minimum atomic E-state index is -3.28. The molecule has 0 aromatic carbocycles. The molecule has 1 saturated carbocycles. The van der Waals surface area contributed by atoms with Crippen LogP contribution in [0.1, 0.15) is 12.8 Å². The summed E-state index contributed by atoms with van der Waals surface area (Å²) in [6.45, 7) is 0.954. The van der Waals surface area contributed by atoms with Crippen LogP contribution in [0.25, 0.3) is 0 Å². The van der Waals surface area contributed by atoms with Gasteiger partial charge in [-0.2, -0.15) is 8.42 Å². The maximum absolute atomic E-state index is 10.7. The van der Waals surface area contributed by atoms with Gasteiger partial charge in [-0.05, 0) is 12.8 Å². The first-order valence-electron chi connectivity index (χ1n) is 3.95. The van der Waals surface area contributed by atoms with Crippen molar-refractivity contribution in [1.29, 1.82) is 0 Å². The van der Waals surface area contributed by atoms with Gasteiger partial charge < -0.3 is 4.74 Å². The first kappa shape index (κ1) is 8.47. The van der Waals surface area contributed by atoms with Gasteiger partial charge in [0, 0.05) is 5.41 Å². The van der Waals surface area contributed by atoms with Crippen LogP contribution in [0.3, 0.4) is 0 Å². The highest BCUT2D eigenvalue weighted by molar-refractivity contribution is 7.85. The standard InChI is InChI=1S/C7H12O4S/c1-12(8,9)11-5-7-2-6(3-7)10-4-7/h6H,2-5H2,1H3. The molecule has 70 valence electrons. The summed E-state index contributed by atoms with van der Waals surface area (Å²) < 4.78 is 31.4. The molecule has 0 aromatic rings. The molecule has 3 fully saturated rings. The van der Waals surface area contributed by atoms with Crippen LogP contribution in [0.4, 0.5) is 0 Å². The normalized spacial score (nSPS) is 39.6. The molecule has 2 saturated heterocycles. The Hall–Kier alpha value is -0.130. The van der Waals surface area contributed by atoms with Crippen molar-refractivity contribution < 1.29 is 17.3 Å². The van der Waals surface area contributed by atoms with Crippen LogP contribution < -0.4 is 0 Å². The highest BCUT2D eigenvalue weighted by Crippen LogP contribution is 2.50. The van der Waals surface area contributed by atoms with E-state index in [0.29, 0.717) is 19.3 Å². The van der Waals surface area contributed by atoms with E-state index in [-0.39, 0.29) is 5.41 Å². The Morgan fingerprint density at radius 2 is 2.25 bits per heavy atom. The van der Waals surface area contributed by atoms with Crippen LogP contribution in [0.5, 0.6) is 0 Å². The van der Waals surface area contributed by atoms with E-state index >= 15 is 0 Å². The molecular formula is C7H12O4S. The van der Waals surface area contributed by atoms with E-state index in [0.717, 1.165) is 19.1 Å². The van der Waals surface area contributed by atoms with E-state index in [1.807, 2.05) is 0 Å². The van der Waals surface area contributed by atoms with E-state index in [1.54, 1.807) is 0 Å². The maximum Gasteiger partial charge on any atom is 0.264 e. The van der Waals surface area contributed by atoms with Crippen LogP contribution in [0.2, 0.25) is 0 Å². The molecule has 12 heavy (non-hydrogen) atoms. The van der Waals surface area contributed by atoms with Crippen molar-refractivity contribution in [3.05, 3.63) is 0 Å². The van der Waals surface area contributed by atoms with Gasteiger partial charge >= 0.3 is 0 Å². The van der Waals surface area contributed by atoms with Crippen molar-refractivity contribution in [3.63, 3.8) is 0 Å². The highest BCUT2D eigenvalue weighted by Gasteiger charge is 2.52. The summed E-state index contributed by atoms with van der Waals surface area (Å²) in [5.41, 5.74) is 0.0216. The van der Waals surface area contributed by atoms with Crippen LogP contribution in [0, 0.1) is 5.41 Å². The van der Waals surface area contributed by atoms with Crippen molar-refractivity contribution in [2.24, 2.45) is 5.41 Å². The Morgan fingerprint density at radius 3 is 2.67 bits per heavy atom. The molecule has 2 bridgehead atoms. The van der Waals surface area contributed by atoms with E-state index in [2.05, 4.69) is 0 Å². The lowest BCUT2D eigenvalue weighted by Gasteiger charge is -2.34. The summed E-state index contributed by atoms with van der Waals surface area (Å²) in [7, 11) is -3.28. The monoisotopic (exact) mass is 192 g/mol. The Bertz CT molecular complexity index is 270. The van der Waals surface area contributed by atoms with Gasteiger partial charge in [0.1, 0.15) is 0 Å². The summed E-state index contributed by atoms with van der Waals surface area (Å²) in [6, 6.07) is 0. The second-order valence-electron chi connectivity index (χ2n) is 3.81. The summed E-state index contributed by atoms with van der Waals surface area (Å²) in [6.07, 6.45) is 3.37. The van der Waals surface area contributed by atoms with E-state index in [1.165, 1.54) is 0 Å². The predicted molar refractivity (Wildman–Crippen MR) is 42.2 cm³/mol. The van der Waals surface area contributed by atoms with E-state index < -0.39 is 10.1 Å². The molecule has 0 atom stereocenters. The molecule has 2 heterocycles. The fourth-order valence-electron chi connectivity index (χ4n) is 1.83. The topological polar surface area (TPSA) is 52.6 Å². The molecule has 4 nitrogen and oxygen atoms in total. The van der Waals surface area contributed by atoms with Crippen LogP contribution in [0.15, 0.2) is 0 Å². The van der Waals surface area contributed by atoms with Crippen LogP contribution >= 0.6 is 0 Å². The summed E-state index contributed by atoms with van der Waals surface area (Å²) in [5, 5.41) is 0. The Labute approximate surface area is 72.0 Å². The number of ether oxygens (including phenoxy) is 1. The molecule has 0 N–H and O–H groups in total. The van der Waals surface area contributed by atoms with Crippen molar-refractivity contribution >= 4 is 10.1 Å². The van der Waals surface area contributed by atoms with Gasteiger partial charge in [0.15, 0.2) is 0 Å². The molecule has 1 aliphatic carbocycles. The lowest BCUT2D eigenvalue weighted by molar-refractivity contribution is 0.0848. The lowest BCUT2D eigenvalue weighted by atomic mass is 9.71. The minimum absolute atomic E-state index is 0.0216. The summed E-state index contributed by atoms with van der Waals surface area (Å²) in [4.78, 5) is 0. The third kappa shape index (κ3) is 1.48. The fourth-order valence-corrected chi connectivity index (χ4v) is 2.29. The Morgan fingerprint density at radius 1 is 1.58 bits per heavy atom. The zero-order valence-electron chi connectivity index (χ0n) is 6.95. The average Bonchev–Trinajstić information content (AvgIpc) is 2.36. The zero-order valence-corrected chi connectivity index (χ0v) is 7.76. The van der Waals surface area contributed by atoms with Crippen molar-refractivity contribution in [1.82, 2.24) is 0 Å². The van der Waals surface area contributed by atoms with Gasteiger partial charge in [0.25, 0.3) is 10.1 Å². The van der Waals surface area contributed by atoms with Gasteiger partial charge in [-0.25, -0.2) is 0 Å². The third-order valence-corrected chi connectivity index (χ3v) is 3.07. The highest BCUT2D eigenvalue weighted by atomic mass is 32.2. The van der Waals surface area contributed by atoms with E-state index in [4.69, 9.17) is 8.92 Å². The second-order valence-corrected chi connectivity index (χ2v) is 5.45. The molecule has 0 unspecified atom stereocenters. The van der Waals surface area contributed by atoms with Crippen molar-refractivity contribution in [2.75, 3.05) is 19.5 Å². The molecule has 2 aliphatic heterocycles. The fraction of sp³-hybridized carbons (Fsp3) is 1.00. The molecule has 3 aliphatic rings. The SMILES string of the molecule is CS(=O)(=O)OCC12COC(C1)C2. The molecular weight excluding hydrogens is 180 g/mol. The molecule has 3 rings (SSSR count). The summed E-state index contributed by atoms with van der Waals surface area (Å²) >= 11 is 0. The predicted octanol–water partition coefficient (Wildman–Crippen LogP) is 0.142. The molecule has 0 radical (unpaired) electrons. The zero-order chi connectivity index (χ0) is 8.82. The number of hydrogen-bond acceptors (Lipinski definition) is 4. The number of rotatable bonds is 3. The third-order valence-electron chi connectivity index (χ3n) is 2.53. The molecule has 0 amide bonds. The van der Waals surface area contributed by atoms with Gasteiger partial charge in [-0.15, -0.1) is 0 Å².